The molecule has 16 heavy (non-hydrogen) atoms. The smallest absolute Gasteiger partial charge is 0.339 e. The van der Waals surface area contributed by atoms with E-state index in [2.05, 4.69) is 0 Å². The summed E-state index contributed by atoms with van der Waals surface area (Å²) in [6.45, 7) is 2.16. The lowest BCUT2D eigenvalue weighted by molar-refractivity contribution is 0.0526. The molecule has 0 atom stereocenters. The molecule has 1 aromatic rings. The van der Waals surface area contributed by atoms with Crippen LogP contribution < -0.4 is 5.73 Å². The van der Waals surface area contributed by atoms with E-state index in [1.807, 2.05) is 6.07 Å². The monoisotopic (exact) mass is 238 g/mol. The van der Waals surface area contributed by atoms with Gasteiger partial charge in [0, 0.05) is 11.6 Å². The van der Waals surface area contributed by atoms with Crippen molar-refractivity contribution in [3.05, 3.63) is 33.8 Å². The van der Waals surface area contributed by atoms with Gasteiger partial charge in [0.05, 0.1) is 17.7 Å². The zero-order chi connectivity index (χ0) is 12.1. The average Bonchev–Trinajstić information content (AvgIpc) is 2.28. The molecule has 0 amide bonds. The molecule has 5 heteroatoms. The van der Waals surface area contributed by atoms with E-state index >= 15 is 0 Å². The number of esters is 1. The van der Waals surface area contributed by atoms with Crippen molar-refractivity contribution < 1.29 is 9.53 Å². The molecule has 0 aromatic heterocycles. The zero-order valence-electron chi connectivity index (χ0n) is 8.79. The van der Waals surface area contributed by atoms with E-state index in [0.29, 0.717) is 10.6 Å². The highest BCUT2D eigenvalue weighted by Gasteiger charge is 2.15. The van der Waals surface area contributed by atoms with Gasteiger partial charge in [-0.25, -0.2) is 4.79 Å². The van der Waals surface area contributed by atoms with E-state index in [1.165, 1.54) is 12.1 Å². The third-order valence-corrected chi connectivity index (χ3v) is 2.37. The van der Waals surface area contributed by atoms with Crippen molar-refractivity contribution in [2.24, 2.45) is 5.73 Å². The van der Waals surface area contributed by atoms with Gasteiger partial charge in [-0.05, 0) is 24.6 Å². The van der Waals surface area contributed by atoms with Crippen LogP contribution in [0.2, 0.25) is 5.02 Å². The van der Waals surface area contributed by atoms with Gasteiger partial charge in [-0.2, -0.15) is 5.26 Å². The van der Waals surface area contributed by atoms with E-state index in [1.54, 1.807) is 6.92 Å². The maximum Gasteiger partial charge on any atom is 0.339 e. The molecule has 1 aromatic carbocycles. The summed E-state index contributed by atoms with van der Waals surface area (Å²) >= 11 is 5.88. The molecule has 0 saturated heterocycles. The van der Waals surface area contributed by atoms with Gasteiger partial charge >= 0.3 is 5.97 Å². The highest BCUT2D eigenvalue weighted by molar-refractivity contribution is 6.31. The average molecular weight is 239 g/mol. The van der Waals surface area contributed by atoms with Crippen LogP contribution in [-0.4, -0.2) is 12.6 Å². The largest absolute Gasteiger partial charge is 0.462 e. The van der Waals surface area contributed by atoms with Gasteiger partial charge in [0.25, 0.3) is 0 Å². The molecule has 0 aliphatic heterocycles. The van der Waals surface area contributed by atoms with Crippen LogP contribution in [0.4, 0.5) is 0 Å². The number of nitrogens with two attached hydrogens (primary N) is 1. The van der Waals surface area contributed by atoms with Crippen molar-refractivity contribution in [1.29, 1.82) is 5.26 Å². The highest BCUT2D eigenvalue weighted by Crippen LogP contribution is 2.21. The minimum Gasteiger partial charge on any atom is -0.462 e. The number of carbonyl (C=O) groups excluding carboxylic acids is 1. The highest BCUT2D eigenvalue weighted by atomic mass is 35.5. The Bertz CT molecular complexity index is 452. The first kappa shape index (κ1) is 12.5. The lowest BCUT2D eigenvalue weighted by atomic mass is 10.0. The first-order chi connectivity index (χ1) is 7.63. The van der Waals surface area contributed by atoms with Crippen LogP contribution in [0.5, 0.6) is 0 Å². The van der Waals surface area contributed by atoms with Gasteiger partial charge in [0.2, 0.25) is 0 Å². The molecule has 0 radical (unpaired) electrons. The Kier molecular flexibility index (Phi) is 4.29. The molecule has 0 aliphatic carbocycles. The number of hydrogen-bond donors (Lipinski definition) is 1. The predicted molar refractivity (Wildman–Crippen MR) is 60.0 cm³/mol. The standard InChI is InChI=1S/C11H11ClN2O2/c1-2-16-11(15)9-3-8(6-14)10(12)4-7(9)5-13/h3-4H,2,6,14H2,1H3. The van der Waals surface area contributed by atoms with E-state index in [-0.39, 0.29) is 24.3 Å². The van der Waals surface area contributed by atoms with Gasteiger partial charge in [-0.3, -0.25) is 0 Å². The number of nitriles is 1. The molecule has 0 unspecified atom stereocenters. The molecule has 0 saturated carbocycles. The predicted octanol–water partition coefficient (Wildman–Crippen LogP) is 1.85. The van der Waals surface area contributed by atoms with Crippen LogP contribution in [0.25, 0.3) is 0 Å². The fourth-order valence-corrected chi connectivity index (χ4v) is 1.49. The molecular formula is C11H11ClN2O2. The van der Waals surface area contributed by atoms with Gasteiger partial charge in [0.1, 0.15) is 6.07 Å². The van der Waals surface area contributed by atoms with Gasteiger partial charge < -0.3 is 10.5 Å². The Morgan fingerprint density at radius 3 is 2.81 bits per heavy atom. The molecule has 1 rings (SSSR count). The summed E-state index contributed by atoms with van der Waals surface area (Å²) in [6, 6.07) is 4.83. The van der Waals surface area contributed by atoms with Crippen molar-refractivity contribution in [3.63, 3.8) is 0 Å². The molecule has 4 nitrogen and oxygen atoms in total. The van der Waals surface area contributed by atoms with E-state index < -0.39 is 5.97 Å². The Labute approximate surface area is 98.6 Å². The van der Waals surface area contributed by atoms with E-state index in [0.717, 1.165) is 0 Å². The van der Waals surface area contributed by atoms with Crippen molar-refractivity contribution in [2.75, 3.05) is 6.61 Å². The summed E-state index contributed by atoms with van der Waals surface area (Å²) in [7, 11) is 0. The maximum absolute atomic E-state index is 11.5. The summed E-state index contributed by atoms with van der Waals surface area (Å²) in [5.74, 6) is -0.537. The fourth-order valence-electron chi connectivity index (χ4n) is 1.24. The van der Waals surface area contributed by atoms with E-state index in [4.69, 9.17) is 27.3 Å². The molecular weight excluding hydrogens is 228 g/mol. The summed E-state index contributed by atoms with van der Waals surface area (Å²) < 4.78 is 4.84. The van der Waals surface area contributed by atoms with Crippen molar-refractivity contribution in [2.45, 2.75) is 13.5 Å². The normalized spacial score (nSPS) is 9.62. The van der Waals surface area contributed by atoms with Crippen molar-refractivity contribution in [3.8, 4) is 6.07 Å². The lowest BCUT2D eigenvalue weighted by Crippen LogP contribution is -2.09. The van der Waals surface area contributed by atoms with E-state index in [9.17, 15) is 4.79 Å². The number of ether oxygens (including phenoxy) is 1. The molecule has 0 bridgehead atoms. The second-order valence-corrected chi connectivity index (χ2v) is 3.43. The molecule has 2 N–H and O–H groups in total. The number of rotatable bonds is 3. The zero-order valence-corrected chi connectivity index (χ0v) is 9.54. The molecule has 0 aliphatic rings. The van der Waals surface area contributed by atoms with Crippen LogP contribution in [0.15, 0.2) is 12.1 Å². The Hall–Kier alpha value is -1.57. The van der Waals surface area contributed by atoms with Crippen LogP contribution in [0, 0.1) is 11.3 Å². The van der Waals surface area contributed by atoms with Crippen molar-refractivity contribution >= 4 is 17.6 Å². The second kappa shape index (κ2) is 5.50. The Balaban J connectivity index is 3.26. The fraction of sp³-hybridized carbons (Fsp3) is 0.273. The summed E-state index contributed by atoms with van der Waals surface area (Å²) in [5, 5.41) is 9.26. The molecule has 84 valence electrons. The van der Waals surface area contributed by atoms with Gasteiger partial charge in [0.15, 0.2) is 0 Å². The number of nitrogens with zero attached hydrogens (tertiary/aromatic N) is 1. The third-order valence-electron chi connectivity index (χ3n) is 2.02. The minimum atomic E-state index is -0.537. The number of carbonyl (C=O) groups is 1. The Morgan fingerprint density at radius 2 is 2.31 bits per heavy atom. The number of halogens is 1. The van der Waals surface area contributed by atoms with Crippen molar-refractivity contribution in [1.82, 2.24) is 0 Å². The molecule has 0 fully saturated rings. The van der Waals surface area contributed by atoms with Crippen LogP contribution in [0.3, 0.4) is 0 Å². The number of hydrogen-bond acceptors (Lipinski definition) is 4. The number of benzene rings is 1. The van der Waals surface area contributed by atoms with Crippen LogP contribution >= 0.6 is 11.6 Å². The first-order valence-corrected chi connectivity index (χ1v) is 5.11. The summed E-state index contributed by atoms with van der Waals surface area (Å²) in [4.78, 5) is 11.5. The summed E-state index contributed by atoms with van der Waals surface area (Å²) in [5.41, 5.74) is 6.48. The molecule has 0 spiro atoms. The lowest BCUT2D eigenvalue weighted by Gasteiger charge is -2.07. The topological polar surface area (TPSA) is 76.1 Å². The van der Waals surface area contributed by atoms with Gasteiger partial charge in [-0.1, -0.05) is 11.6 Å². The second-order valence-electron chi connectivity index (χ2n) is 3.03. The quantitative estimate of drug-likeness (QED) is 0.816. The molecule has 0 heterocycles. The SMILES string of the molecule is CCOC(=O)c1cc(CN)c(Cl)cc1C#N. The maximum atomic E-state index is 11.5. The van der Waals surface area contributed by atoms with Crippen LogP contribution in [-0.2, 0) is 11.3 Å². The third kappa shape index (κ3) is 2.51. The Morgan fingerprint density at radius 1 is 1.62 bits per heavy atom. The summed E-state index contributed by atoms with van der Waals surface area (Å²) in [6.07, 6.45) is 0. The first-order valence-electron chi connectivity index (χ1n) is 4.73. The minimum absolute atomic E-state index is 0.195. The van der Waals surface area contributed by atoms with Crippen LogP contribution in [0.1, 0.15) is 28.4 Å². The van der Waals surface area contributed by atoms with Gasteiger partial charge in [-0.15, -0.1) is 0 Å².